The number of benzene rings is 3. The number of aryl methyl sites for hydroxylation is 2. The van der Waals surface area contributed by atoms with E-state index in [1.54, 1.807) is 60.3 Å². The first-order valence-electron chi connectivity index (χ1n) is 21.7. The first kappa shape index (κ1) is 44.8. The van der Waals surface area contributed by atoms with Crippen LogP contribution in [0.3, 0.4) is 0 Å². The molecule has 336 valence electrons. The molecule has 5 aromatic rings. The monoisotopic (exact) mass is 944 g/mol. The lowest BCUT2D eigenvalue weighted by Gasteiger charge is -2.40. The van der Waals surface area contributed by atoms with Gasteiger partial charge in [0.15, 0.2) is 11.6 Å². The minimum atomic E-state index is -0.736. The van der Waals surface area contributed by atoms with Gasteiger partial charge in [-0.05, 0) is 61.6 Å². The Morgan fingerprint density at radius 2 is 1.83 bits per heavy atom. The van der Waals surface area contributed by atoms with Gasteiger partial charge in [0, 0.05) is 97.4 Å². The van der Waals surface area contributed by atoms with Crippen molar-refractivity contribution in [3.63, 3.8) is 0 Å². The topological polar surface area (TPSA) is 202 Å². The normalized spacial score (nSPS) is 17.0. The first-order valence-corrected chi connectivity index (χ1v) is 22.5. The molecule has 1 fully saturated rings. The number of halogens is 1. The van der Waals surface area contributed by atoms with Crippen LogP contribution in [0.1, 0.15) is 101 Å². The molecule has 5 amide bonds. The molecule has 3 aliphatic heterocycles. The average Bonchev–Trinajstić information content (AvgIpc) is 3.90. The molecule has 17 nitrogen and oxygen atoms in total. The summed E-state index contributed by atoms with van der Waals surface area (Å²) in [6.45, 7) is 3.21. The molecule has 0 saturated carbocycles. The lowest BCUT2D eigenvalue weighted by molar-refractivity contribution is -0.137. The summed E-state index contributed by atoms with van der Waals surface area (Å²) in [5.41, 5.74) is 5.30. The van der Waals surface area contributed by atoms with E-state index in [9.17, 15) is 28.8 Å². The van der Waals surface area contributed by atoms with E-state index in [1.165, 1.54) is 4.90 Å². The number of aromatic nitrogens is 5. The molecule has 1 saturated heterocycles. The molecule has 0 radical (unpaired) electrons. The maximum Gasteiger partial charge on any atom is 0.255 e. The van der Waals surface area contributed by atoms with E-state index >= 15 is 0 Å². The zero-order chi connectivity index (χ0) is 45.8. The number of Topliss-reactive ketones (excluding diaryl/α,β-unsaturated/α-hetero) is 1. The van der Waals surface area contributed by atoms with Crippen molar-refractivity contribution < 1.29 is 33.5 Å². The Morgan fingerprint density at radius 3 is 2.60 bits per heavy atom. The maximum absolute atomic E-state index is 13.4. The van der Waals surface area contributed by atoms with Crippen LogP contribution in [0, 0.1) is 0 Å². The number of nitrogens with one attached hydrogen (secondary N) is 2. The van der Waals surface area contributed by atoms with Crippen molar-refractivity contribution in [2.75, 3.05) is 29.3 Å². The van der Waals surface area contributed by atoms with Gasteiger partial charge in [0.1, 0.15) is 29.3 Å². The van der Waals surface area contributed by atoms with Crippen LogP contribution in [-0.4, -0.2) is 91.4 Å². The number of rotatable bonds is 17. The van der Waals surface area contributed by atoms with Gasteiger partial charge in [-0.1, -0.05) is 58.4 Å². The summed E-state index contributed by atoms with van der Waals surface area (Å²) >= 11 is 3.50. The van der Waals surface area contributed by atoms with Crippen LogP contribution >= 0.6 is 15.9 Å². The number of ether oxygens (including phenoxy) is 1. The van der Waals surface area contributed by atoms with Crippen molar-refractivity contribution in [2.24, 2.45) is 0 Å². The number of methoxy groups -OCH3 is 1. The number of ketones is 1. The van der Waals surface area contributed by atoms with Crippen molar-refractivity contribution in [2.45, 2.75) is 96.4 Å². The number of unbranched alkanes of at least 4 members (excludes halogenated alkanes) is 1. The predicted molar refractivity (Wildman–Crippen MR) is 243 cm³/mol. The Labute approximate surface area is 384 Å². The van der Waals surface area contributed by atoms with Gasteiger partial charge < -0.3 is 24.8 Å². The lowest BCUT2D eigenvalue weighted by atomic mass is 10.0. The fourth-order valence-electron chi connectivity index (χ4n) is 8.58. The molecule has 5 heterocycles. The van der Waals surface area contributed by atoms with Gasteiger partial charge in [-0.15, -0.1) is 5.10 Å². The van der Waals surface area contributed by atoms with Crippen LogP contribution < -0.4 is 25.2 Å². The van der Waals surface area contributed by atoms with E-state index in [2.05, 4.69) is 46.8 Å². The second-order valence-electron chi connectivity index (χ2n) is 16.4. The Kier molecular flexibility index (Phi) is 13.4. The number of fused-ring (bicyclic) bond motifs is 2. The highest BCUT2D eigenvalue weighted by Gasteiger charge is 2.40. The Bertz CT molecular complexity index is 2670. The molecule has 3 aliphatic rings. The van der Waals surface area contributed by atoms with Gasteiger partial charge in [0.05, 0.1) is 19.0 Å². The summed E-state index contributed by atoms with van der Waals surface area (Å²) in [7, 11) is 3.32. The van der Waals surface area contributed by atoms with Gasteiger partial charge >= 0.3 is 0 Å². The van der Waals surface area contributed by atoms with E-state index < -0.39 is 11.9 Å². The molecular formula is C47H49BrN10O7. The van der Waals surface area contributed by atoms with Crippen LogP contribution in [0.4, 0.5) is 17.2 Å². The first-order chi connectivity index (χ1) is 31.4. The van der Waals surface area contributed by atoms with Crippen LogP contribution in [0.15, 0.2) is 77.5 Å². The summed E-state index contributed by atoms with van der Waals surface area (Å²) in [5.74, 6) is 0.379. The summed E-state index contributed by atoms with van der Waals surface area (Å²) in [4.78, 5) is 91.7. The summed E-state index contributed by atoms with van der Waals surface area (Å²) in [6, 6.07) is 17.4. The molecule has 0 bridgehead atoms. The highest BCUT2D eigenvalue weighted by molar-refractivity contribution is 9.10. The predicted octanol–water partition coefficient (Wildman–Crippen LogP) is 5.58. The van der Waals surface area contributed by atoms with Gasteiger partial charge in [0.25, 0.3) is 5.91 Å². The van der Waals surface area contributed by atoms with Crippen molar-refractivity contribution in [1.29, 1.82) is 0 Å². The summed E-state index contributed by atoms with van der Waals surface area (Å²) < 4.78 is 8.43. The molecular weight excluding hydrogens is 896 g/mol. The number of piperidine rings is 1. The molecule has 2 aromatic heterocycles. The molecule has 2 atom stereocenters. The number of hydrogen-bond acceptors (Lipinski definition) is 12. The van der Waals surface area contributed by atoms with Gasteiger partial charge in [-0.3, -0.25) is 38.8 Å². The molecule has 0 spiro atoms. The number of imide groups is 1. The molecule has 0 aliphatic carbocycles. The van der Waals surface area contributed by atoms with Gasteiger partial charge in [0.2, 0.25) is 23.6 Å². The molecule has 8 rings (SSSR count). The minimum absolute atomic E-state index is 0.00574. The van der Waals surface area contributed by atoms with E-state index in [-0.39, 0.29) is 67.7 Å². The average molecular weight is 946 g/mol. The lowest BCUT2D eigenvalue weighted by Crippen LogP contribution is -2.52. The van der Waals surface area contributed by atoms with E-state index in [0.29, 0.717) is 96.3 Å². The third-order valence-electron chi connectivity index (χ3n) is 12.1. The zero-order valence-corrected chi connectivity index (χ0v) is 38.0. The van der Waals surface area contributed by atoms with Gasteiger partial charge in [-0.2, -0.15) is 0 Å². The Balaban J connectivity index is 0.818. The van der Waals surface area contributed by atoms with Crippen LogP contribution in [0.25, 0.3) is 0 Å². The third kappa shape index (κ3) is 9.82. The third-order valence-corrected chi connectivity index (χ3v) is 12.7. The number of amides is 5. The highest BCUT2D eigenvalue weighted by atomic mass is 79.9. The quantitative estimate of drug-likeness (QED) is 0.0668. The second kappa shape index (κ2) is 19.5. The molecule has 3 aromatic carbocycles. The SMILES string of the molecule is CC[C@@H]1C(=O)N(C)c2cnc(Cc3ccc(C(=O)CCc4cn(CCCCC(=O)Nc5cccc6c5CN(C5CCC(=O)NC5=O)C6=O)nn4)cc3OC)nc2N1Cc1ccc(Br)cc1. The Hall–Kier alpha value is -6.82. The van der Waals surface area contributed by atoms with Crippen molar-refractivity contribution in [3.8, 4) is 5.75 Å². The van der Waals surface area contributed by atoms with E-state index in [0.717, 1.165) is 15.6 Å². The highest BCUT2D eigenvalue weighted by Crippen LogP contribution is 2.37. The zero-order valence-electron chi connectivity index (χ0n) is 36.4. The van der Waals surface area contributed by atoms with Gasteiger partial charge in [-0.25, -0.2) is 9.97 Å². The fraction of sp³-hybridized carbons (Fsp3) is 0.362. The van der Waals surface area contributed by atoms with Crippen LogP contribution in [-0.2, 0) is 51.7 Å². The van der Waals surface area contributed by atoms with Crippen molar-refractivity contribution in [1.82, 2.24) is 35.2 Å². The molecule has 2 N–H and O–H groups in total. The fourth-order valence-corrected chi connectivity index (χ4v) is 8.85. The molecule has 65 heavy (non-hydrogen) atoms. The standard InChI is InChI=1S/C47H49BrN10O7/c1-4-36-47(64)55(2)38-24-49-41(51-44(38)57(36)25-28-11-15-31(48)16-12-28)23-30-14-13-29(22-40(30)65-3)39(59)19-17-32-26-56(54-53-32)21-6-5-10-42(60)50-35-9-7-8-33-34(35)27-58(46(33)63)37-18-20-43(61)52-45(37)62/h7-9,11-16,22,24,26,36-37H,4-6,10,17-21,23,25,27H2,1-3H3,(H,50,60)(H,52,61,62)/t36-,37?/m1/s1. The molecule has 18 heteroatoms. The number of likely N-dealkylation sites (N-methyl/N-ethyl adjacent to an activating group) is 1. The van der Waals surface area contributed by atoms with Crippen molar-refractivity contribution >= 4 is 68.4 Å². The Morgan fingerprint density at radius 1 is 1.02 bits per heavy atom. The smallest absolute Gasteiger partial charge is 0.255 e. The largest absolute Gasteiger partial charge is 0.496 e. The summed E-state index contributed by atoms with van der Waals surface area (Å²) in [5, 5.41) is 13.7. The van der Waals surface area contributed by atoms with Crippen LogP contribution in [0.5, 0.6) is 5.75 Å². The minimum Gasteiger partial charge on any atom is -0.496 e. The van der Waals surface area contributed by atoms with E-state index in [4.69, 9.17) is 9.72 Å². The second-order valence-corrected chi connectivity index (χ2v) is 17.3. The van der Waals surface area contributed by atoms with E-state index in [1.807, 2.05) is 43.5 Å². The number of carbonyl (C=O) groups is 6. The summed E-state index contributed by atoms with van der Waals surface area (Å²) in [6.07, 6.45) is 6.99. The number of nitrogens with zero attached hydrogens (tertiary/aromatic N) is 8. The van der Waals surface area contributed by atoms with Crippen LogP contribution in [0.2, 0.25) is 0 Å². The van der Waals surface area contributed by atoms with Crippen molar-refractivity contribution in [3.05, 3.63) is 117 Å². The maximum atomic E-state index is 13.4. The number of hydrogen-bond donors (Lipinski definition) is 2. The molecule has 1 unspecified atom stereocenters. The number of carbonyl (C=O) groups excluding carboxylic acids is 6. The number of anilines is 3.